The summed E-state index contributed by atoms with van der Waals surface area (Å²) < 4.78 is 0. The second kappa shape index (κ2) is 5.82. The molecule has 4 nitrogen and oxygen atoms in total. The summed E-state index contributed by atoms with van der Waals surface area (Å²) in [6, 6.07) is 7.37. The second-order valence-electron chi connectivity index (χ2n) is 4.01. The summed E-state index contributed by atoms with van der Waals surface area (Å²) in [5, 5.41) is 0. The molecular formula is C14H16N2O2. The summed E-state index contributed by atoms with van der Waals surface area (Å²) in [7, 11) is 0. The van der Waals surface area contributed by atoms with Gasteiger partial charge in [0.15, 0.2) is 0 Å². The molecule has 0 saturated heterocycles. The molecule has 4 N–H and O–H groups in total. The van der Waals surface area contributed by atoms with Crippen molar-refractivity contribution in [3.63, 3.8) is 0 Å². The van der Waals surface area contributed by atoms with Gasteiger partial charge in [0.2, 0.25) is 11.8 Å². The average Bonchev–Trinajstić information content (AvgIpc) is 2.31. The Morgan fingerprint density at radius 1 is 0.889 bits per heavy atom. The van der Waals surface area contributed by atoms with Gasteiger partial charge in [0.25, 0.3) is 0 Å². The van der Waals surface area contributed by atoms with Gasteiger partial charge >= 0.3 is 0 Å². The van der Waals surface area contributed by atoms with Gasteiger partial charge in [0.1, 0.15) is 0 Å². The Kier molecular flexibility index (Phi) is 4.43. The van der Waals surface area contributed by atoms with Crippen LogP contribution in [0.3, 0.4) is 0 Å². The highest BCUT2D eigenvalue weighted by Crippen LogP contribution is 2.16. The van der Waals surface area contributed by atoms with E-state index in [0.29, 0.717) is 11.1 Å². The number of carbonyl (C=O) groups excluding carboxylic acids is 2. The number of nitrogens with two attached hydrogens (primary N) is 2. The second-order valence-corrected chi connectivity index (χ2v) is 4.01. The molecule has 0 fully saturated rings. The first-order chi connectivity index (χ1) is 8.41. The number of hydrogen-bond donors (Lipinski definition) is 2. The number of rotatable bonds is 4. The Bertz CT molecular complexity index is 493. The van der Waals surface area contributed by atoms with Crippen molar-refractivity contribution in [1.29, 1.82) is 0 Å². The standard InChI is InChI=1S/C14H16N2O2/c1-9(13(15)17)7-11-5-3-4-6-12(11)8-10(2)14(16)18/h3-8H,1-2H3,(H2,15,17)(H2,16,18). The minimum Gasteiger partial charge on any atom is -0.366 e. The van der Waals surface area contributed by atoms with Crippen LogP contribution < -0.4 is 11.5 Å². The molecule has 0 aromatic heterocycles. The summed E-state index contributed by atoms with van der Waals surface area (Å²) in [4.78, 5) is 22.0. The van der Waals surface area contributed by atoms with Crippen LogP contribution in [0.5, 0.6) is 0 Å². The van der Waals surface area contributed by atoms with Crippen LogP contribution in [0, 0.1) is 0 Å². The monoisotopic (exact) mass is 244 g/mol. The molecule has 0 bridgehead atoms. The molecular weight excluding hydrogens is 228 g/mol. The van der Waals surface area contributed by atoms with Gasteiger partial charge in [-0.15, -0.1) is 0 Å². The normalized spacial score (nSPS) is 12.3. The summed E-state index contributed by atoms with van der Waals surface area (Å²) in [5.74, 6) is -0.944. The Morgan fingerprint density at radius 2 is 1.22 bits per heavy atom. The van der Waals surface area contributed by atoms with Crippen LogP contribution in [0.2, 0.25) is 0 Å². The Balaban J connectivity index is 3.24. The summed E-state index contributed by atoms with van der Waals surface area (Å²) in [6.45, 7) is 3.29. The largest absolute Gasteiger partial charge is 0.366 e. The maximum Gasteiger partial charge on any atom is 0.244 e. The Morgan fingerprint density at radius 3 is 1.50 bits per heavy atom. The van der Waals surface area contributed by atoms with E-state index in [-0.39, 0.29) is 0 Å². The Hall–Kier alpha value is -2.36. The molecule has 4 heteroatoms. The third-order valence-corrected chi connectivity index (χ3v) is 2.52. The van der Waals surface area contributed by atoms with Crippen LogP contribution >= 0.6 is 0 Å². The highest BCUT2D eigenvalue weighted by atomic mass is 16.1. The number of carbonyl (C=O) groups is 2. The van der Waals surface area contributed by atoms with Crippen molar-refractivity contribution >= 4 is 24.0 Å². The van der Waals surface area contributed by atoms with Gasteiger partial charge in [-0.2, -0.15) is 0 Å². The lowest BCUT2D eigenvalue weighted by Crippen LogP contribution is -2.12. The van der Waals surface area contributed by atoms with E-state index in [0.717, 1.165) is 11.1 Å². The first-order valence-corrected chi connectivity index (χ1v) is 5.47. The predicted octanol–water partition coefficient (Wildman–Crippen LogP) is 1.46. The topological polar surface area (TPSA) is 86.2 Å². The molecule has 0 aliphatic rings. The minimum absolute atomic E-state index is 0.451. The first-order valence-electron chi connectivity index (χ1n) is 5.47. The zero-order valence-electron chi connectivity index (χ0n) is 10.4. The summed E-state index contributed by atoms with van der Waals surface area (Å²) in [6.07, 6.45) is 3.37. The lowest BCUT2D eigenvalue weighted by atomic mass is 10.0. The summed E-state index contributed by atoms with van der Waals surface area (Å²) in [5.41, 5.74) is 12.9. The SMILES string of the molecule is CC(=Cc1ccccc1C=C(C)C(N)=O)C(N)=O. The van der Waals surface area contributed by atoms with Crippen molar-refractivity contribution in [1.82, 2.24) is 0 Å². The maximum absolute atomic E-state index is 11.0. The van der Waals surface area contributed by atoms with Crippen LogP contribution in [0.15, 0.2) is 35.4 Å². The minimum atomic E-state index is -0.472. The van der Waals surface area contributed by atoms with E-state index < -0.39 is 11.8 Å². The fourth-order valence-corrected chi connectivity index (χ4v) is 1.38. The fourth-order valence-electron chi connectivity index (χ4n) is 1.38. The Labute approximate surface area is 106 Å². The highest BCUT2D eigenvalue weighted by Gasteiger charge is 2.03. The van der Waals surface area contributed by atoms with E-state index in [1.165, 1.54) is 0 Å². The molecule has 0 unspecified atom stereocenters. The number of amides is 2. The molecule has 0 saturated carbocycles. The molecule has 0 heterocycles. The molecule has 0 spiro atoms. The predicted molar refractivity (Wildman–Crippen MR) is 72.1 cm³/mol. The van der Waals surface area contributed by atoms with Crippen molar-refractivity contribution in [2.45, 2.75) is 13.8 Å². The third-order valence-electron chi connectivity index (χ3n) is 2.52. The van der Waals surface area contributed by atoms with Crippen molar-refractivity contribution < 1.29 is 9.59 Å². The van der Waals surface area contributed by atoms with Crippen molar-refractivity contribution in [2.24, 2.45) is 11.5 Å². The van der Waals surface area contributed by atoms with Crippen molar-refractivity contribution in [2.75, 3.05) is 0 Å². The molecule has 1 rings (SSSR count). The molecule has 1 aromatic carbocycles. The maximum atomic E-state index is 11.0. The highest BCUT2D eigenvalue weighted by molar-refractivity contribution is 5.98. The van der Waals surface area contributed by atoms with E-state index >= 15 is 0 Å². The fraction of sp³-hybridized carbons (Fsp3) is 0.143. The van der Waals surface area contributed by atoms with Crippen LogP contribution in [-0.4, -0.2) is 11.8 Å². The molecule has 0 aliphatic heterocycles. The van der Waals surface area contributed by atoms with E-state index in [9.17, 15) is 9.59 Å². The van der Waals surface area contributed by atoms with E-state index in [4.69, 9.17) is 11.5 Å². The molecule has 94 valence electrons. The first kappa shape index (κ1) is 13.7. The molecule has 18 heavy (non-hydrogen) atoms. The van der Waals surface area contributed by atoms with Crippen molar-refractivity contribution in [3.05, 3.63) is 46.5 Å². The molecule has 2 amide bonds. The number of hydrogen-bond acceptors (Lipinski definition) is 2. The lowest BCUT2D eigenvalue weighted by molar-refractivity contribution is -0.115. The van der Waals surface area contributed by atoms with Crippen LogP contribution in [-0.2, 0) is 9.59 Å². The van der Waals surface area contributed by atoms with Gasteiger partial charge in [-0.3, -0.25) is 9.59 Å². The number of benzene rings is 1. The molecule has 0 atom stereocenters. The van der Waals surface area contributed by atoms with Crippen LogP contribution in [0.1, 0.15) is 25.0 Å². The molecule has 0 aliphatic carbocycles. The van der Waals surface area contributed by atoms with Gasteiger partial charge < -0.3 is 11.5 Å². The third kappa shape index (κ3) is 3.59. The zero-order valence-corrected chi connectivity index (χ0v) is 10.4. The average molecular weight is 244 g/mol. The van der Waals surface area contributed by atoms with Gasteiger partial charge in [-0.05, 0) is 37.1 Å². The van der Waals surface area contributed by atoms with E-state index in [1.807, 2.05) is 24.3 Å². The van der Waals surface area contributed by atoms with Crippen LogP contribution in [0.25, 0.3) is 12.2 Å². The lowest BCUT2D eigenvalue weighted by Gasteiger charge is -2.03. The van der Waals surface area contributed by atoms with Gasteiger partial charge in [0.05, 0.1) is 0 Å². The number of primary amides is 2. The smallest absolute Gasteiger partial charge is 0.244 e. The quantitative estimate of drug-likeness (QED) is 0.786. The van der Waals surface area contributed by atoms with Gasteiger partial charge in [-0.1, -0.05) is 24.3 Å². The van der Waals surface area contributed by atoms with Gasteiger partial charge in [0, 0.05) is 11.1 Å². The van der Waals surface area contributed by atoms with Gasteiger partial charge in [-0.25, -0.2) is 0 Å². The van der Waals surface area contributed by atoms with E-state index in [1.54, 1.807) is 26.0 Å². The van der Waals surface area contributed by atoms with E-state index in [2.05, 4.69) is 0 Å². The molecule has 0 radical (unpaired) electrons. The molecule has 1 aromatic rings. The zero-order chi connectivity index (χ0) is 13.7. The van der Waals surface area contributed by atoms with Crippen LogP contribution in [0.4, 0.5) is 0 Å². The van der Waals surface area contributed by atoms with Crippen molar-refractivity contribution in [3.8, 4) is 0 Å². The summed E-state index contributed by atoms with van der Waals surface area (Å²) >= 11 is 0.